The number of ether oxygens (including phenoxy) is 1. The van der Waals surface area contributed by atoms with Crippen molar-refractivity contribution >= 4 is 23.4 Å². The zero-order valence-electron chi connectivity index (χ0n) is 9.40. The number of nitrogens with zero attached hydrogens (tertiary/aromatic N) is 3. The minimum atomic E-state index is 0.345. The van der Waals surface area contributed by atoms with Crippen LogP contribution >= 0.6 is 11.6 Å². The minimum Gasteiger partial charge on any atom is -0.385 e. The van der Waals surface area contributed by atoms with Crippen LogP contribution in [0.1, 0.15) is 6.42 Å². The van der Waals surface area contributed by atoms with E-state index < -0.39 is 0 Å². The zero-order chi connectivity index (χ0) is 12.0. The number of anilines is 2. The van der Waals surface area contributed by atoms with Crippen LogP contribution in [0.15, 0.2) is 6.20 Å². The Hall–Kier alpha value is -1.11. The molecule has 0 aromatic carbocycles. The number of nitrogen functional groups attached to an aromatic ring is 1. The molecule has 6 nitrogen and oxygen atoms in total. The van der Waals surface area contributed by atoms with Crippen molar-refractivity contribution in [3.05, 3.63) is 11.2 Å². The Morgan fingerprint density at radius 2 is 2.38 bits per heavy atom. The highest BCUT2D eigenvalue weighted by atomic mass is 35.5. The molecule has 0 amide bonds. The maximum atomic E-state index is 5.99. The van der Waals surface area contributed by atoms with E-state index in [1.165, 1.54) is 6.20 Å². The van der Waals surface area contributed by atoms with Gasteiger partial charge in [-0.3, -0.25) is 5.43 Å². The number of nitrogens with two attached hydrogens (primary N) is 1. The molecule has 1 rings (SSSR count). The van der Waals surface area contributed by atoms with Gasteiger partial charge in [-0.15, -0.1) is 0 Å². The third-order valence-corrected chi connectivity index (χ3v) is 2.32. The Balaban J connectivity index is 2.69. The van der Waals surface area contributed by atoms with Crippen LogP contribution in [0.2, 0.25) is 5.02 Å². The third kappa shape index (κ3) is 3.48. The second kappa shape index (κ2) is 6.47. The quantitative estimate of drug-likeness (QED) is 0.440. The van der Waals surface area contributed by atoms with Crippen LogP contribution in [0, 0.1) is 0 Å². The number of halogens is 1. The molecule has 1 aromatic heterocycles. The first-order valence-electron chi connectivity index (χ1n) is 4.88. The number of methoxy groups -OCH3 is 1. The summed E-state index contributed by atoms with van der Waals surface area (Å²) in [6.07, 6.45) is 2.42. The molecule has 0 unspecified atom stereocenters. The van der Waals surface area contributed by atoms with Gasteiger partial charge in [0.2, 0.25) is 5.95 Å². The molecule has 0 atom stereocenters. The highest BCUT2D eigenvalue weighted by molar-refractivity contribution is 6.32. The Kier molecular flexibility index (Phi) is 5.24. The van der Waals surface area contributed by atoms with E-state index in [-0.39, 0.29) is 0 Å². The summed E-state index contributed by atoms with van der Waals surface area (Å²) in [5, 5.41) is 0.499. The van der Waals surface area contributed by atoms with Gasteiger partial charge in [-0.25, -0.2) is 10.8 Å². The lowest BCUT2D eigenvalue weighted by Gasteiger charge is -2.19. The van der Waals surface area contributed by atoms with Crippen molar-refractivity contribution in [2.24, 2.45) is 5.84 Å². The van der Waals surface area contributed by atoms with Crippen molar-refractivity contribution in [2.75, 3.05) is 37.6 Å². The van der Waals surface area contributed by atoms with Gasteiger partial charge < -0.3 is 9.64 Å². The van der Waals surface area contributed by atoms with Crippen LogP contribution in [-0.2, 0) is 4.74 Å². The predicted octanol–water partition coefficient (Wildman–Crippen LogP) is 0.888. The fourth-order valence-corrected chi connectivity index (χ4v) is 1.48. The third-order valence-electron chi connectivity index (χ3n) is 2.06. The predicted molar refractivity (Wildman–Crippen MR) is 64.6 cm³/mol. The maximum Gasteiger partial charge on any atom is 0.239 e. The molecule has 0 aliphatic heterocycles. The first-order valence-corrected chi connectivity index (χ1v) is 5.26. The molecule has 0 aliphatic rings. The Labute approximate surface area is 99.7 Å². The van der Waals surface area contributed by atoms with E-state index in [0.717, 1.165) is 13.0 Å². The molecule has 1 aromatic rings. The summed E-state index contributed by atoms with van der Waals surface area (Å²) in [5.41, 5.74) is 2.38. The standard InChI is InChI=1S/C9H16ClN5O/c1-15(4-3-5-16-2)8-7(10)6-12-9(13-8)14-11/h6H,3-5,11H2,1-2H3,(H,12,13,14). The number of rotatable bonds is 6. The monoisotopic (exact) mass is 245 g/mol. The highest BCUT2D eigenvalue weighted by Gasteiger charge is 2.09. The maximum absolute atomic E-state index is 5.99. The Morgan fingerprint density at radius 3 is 3.00 bits per heavy atom. The number of hydrogen-bond donors (Lipinski definition) is 2. The van der Waals surface area contributed by atoms with Gasteiger partial charge in [0.15, 0.2) is 5.82 Å². The number of hydrogen-bond acceptors (Lipinski definition) is 6. The molecule has 16 heavy (non-hydrogen) atoms. The van der Waals surface area contributed by atoms with Crippen molar-refractivity contribution in [3.8, 4) is 0 Å². The minimum absolute atomic E-state index is 0.345. The lowest BCUT2D eigenvalue weighted by molar-refractivity contribution is 0.196. The molecule has 0 radical (unpaired) electrons. The average Bonchev–Trinajstić information content (AvgIpc) is 2.30. The lowest BCUT2D eigenvalue weighted by Crippen LogP contribution is -2.22. The molecule has 90 valence electrons. The molecule has 0 bridgehead atoms. The largest absolute Gasteiger partial charge is 0.385 e. The van der Waals surface area contributed by atoms with Gasteiger partial charge in [0.25, 0.3) is 0 Å². The summed E-state index contributed by atoms with van der Waals surface area (Å²) in [7, 11) is 3.58. The summed E-state index contributed by atoms with van der Waals surface area (Å²) in [6.45, 7) is 1.50. The summed E-state index contributed by atoms with van der Waals surface area (Å²) in [5.74, 6) is 6.23. The van der Waals surface area contributed by atoms with Gasteiger partial charge >= 0.3 is 0 Å². The molecule has 0 fully saturated rings. The van der Waals surface area contributed by atoms with Gasteiger partial charge in [0.1, 0.15) is 5.02 Å². The number of nitrogens with one attached hydrogen (secondary N) is 1. The van der Waals surface area contributed by atoms with E-state index in [4.69, 9.17) is 22.2 Å². The van der Waals surface area contributed by atoms with Crippen molar-refractivity contribution in [1.29, 1.82) is 0 Å². The average molecular weight is 246 g/mol. The molecule has 0 saturated carbocycles. The zero-order valence-corrected chi connectivity index (χ0v) is 10.2. The molecular weight excluding hydrogens is 230 g/mol. The molecule has 0 saturated heterocycles. The molecular formula is C9H16ClN5O. The van der Waals surface area contributed by atoms with Crippen molar-refractivity contribution in [3.63, 3.8) is 0 Å². The first-order chi connectivity index (χ1) is 7.69. The van der Waals surface area contributed by atoms with Crippen LogP contribution in [-0.4, -0.2) is 37.3 Å². The van der Waals surface area contributed by atoms with E-state index >= 15 is 0 Å². The van der Waals surface area contributed by atoms with E-state index in [1.54, 1.807) is 7.11 Å². The van der Waals surface area contributed by atoms with E-state index in [9.17, 15) is 0 Å². The van der Waals surface area contributed by atoms with Crippen LogP contribution in [0.3, 0.4) is 0 Å². The summed E-state index contributed by atoms with van der Waals surface area (Å²) in [4.78, 5) is 10.0. The molecule has 1 heterocycles. The summed E-state index contributed by atoms with van der Waals surface area (Å²) in [6, 6.07) is 0. The molecule has 0 aliphatic carbocycles. The normalized spacial score (nSPS) is 10.2. The smallest absolute Gasteiger partial charge is 0.239 e. The fraction of sp³-hybridized carbons (Fsp3) is 0.556. The van der Waals surface area contributed by atoms with E-state index in [2.05, 4.69) is 15.4 Å². The van der Waals surface area contributed by atoms with Crippen LogP contribution < -0.4 is 16.2 Å². The molecule has 7 heteroatoms. The highest BCUT2D eigenvalue weighted by Crippen LogP contribution is 2.22. The van der Waals surface area contributed by atoms with Gasteiger partial charge in [-0.1, -0.05) is 11.6 Å². The van der Waals surface area contributed by atoms with Gasteiger partial charge in [0, 0.05) is 27.3 Å². The Bertz CT molecular complexity index is 336. The Morgan fingerprint density at radius 1 is 1.62 bits per heavy atom. The van der Waals surface area contributed by atoms with Gasteiger partial charge in [-0.05, 0) is 6.42 Å². The van der Waals surface area contributed by atoms with Crippen molar-refractivity contribution in [1.82, 2.24) is 9.97 Å². The number of aromatic nitrogens is 2. The van der Waals surface area contributed by atoms with Gasteiger partial charge in [-0.2, -0.15) is 4.98 Å². The van der Waals surface area contributed by atoms with Crippen LogP contribution in [0.25, 0.3) is 0 Å². The fourth-order valence-electron chi connectivity index (χ4n) is 1.25. The molecule has 0 spiro atoms. The van der Waals surface area contributed by atoms with E-state index in [1.807, 2.05) is 11.9 Å². The summed E-state index contributed by atoms with van der Waals surface area (Å²) < 4.78 is 4.98. The first kappa shape index (κ1) is 13.0. The van der Waals surface area contributed by atoms with Crippen LogP contribution in [0.5, 0.6) is 0 Å². The van der Waals surface area contributed by atoms with Crippen LogP contribution in [0.4, 0.5) is 11.8 Å². The van der Waals surface area contributed by atoms with Crippen molar-refractivity contribution in [2.45, 2.75) is 6.42 Å². The molecule has 3 N–H and O–H groups in total. The lowest BCUT2D eigenvalue weighted by atomic mass is 10.4. The SMILES string of the molecule is COCCCN(C)c1nc(NN)ncc1Cl. The van der Waals surface area contributed by atoms with Crippen molar-refractivity contribution < 1.29 is 4.74 Å². The second-order valence-corrected chi connectivity index (χ2v) is 3.68. The van der Waals surface area contributed by atoms with Gasteiger partial charge in [0.05, 0.1) is 6.20 Å². The topological polar surface area (TPSA) is 76.3 Å². The second-order valence-electron chi connectivity index (χ2n) is 3.28. The summed E-state index contributed by atoms with van der Waals surface area (Å²) >= 11 is 5.99. The van der Waals surface area contributed by atoms with E-state index in [0.29, 0.717) is 23.4 Å². The number of hydrazine groups is 1.